The lowest BCUT2D eigenvalue weighted by atomic mass is 9.80. The van der Waals surface area contributed by atoms with E-state index in [1.165, 1.54) is 19.3 Å². The topological polar surface area (TPSA) is 17.1 Å². The maximum atomic E-state index is 11.6. The fraction of sp³-hybridized carbons (Fsp3) is 0.909. The van der Waals surface area contributed by atoms with Gasteiger partial charge in [0.05, 0.1) is 0 Å². The fourth-order valence-electron chi connectivity index (χ4n) is 1.99. The van der Waals surface area contributed by atoms with Crippen LogP contribution in [0.15, 0.2) is 0 Å². The number of ketones is 1. The van der Waals surface area contributed by atoms with Crippen molar-refractivity contribution in [3.8, 4) is 0 Å². The molecular formula is C11H20O. The number of carbonyl (C=O) groups excluding carboxylic acids is 1. The molecule has 0 spiro atoms. The second kappa shape index (κ2) is 4.06. The highest BCUT2D eigenvalue weighted by atomic mass is 16.1. The molecule has 70 valence electrons. The Hall–Kier alpha value is -0.330. The van der Waals surface area contributed by atoms with Gasteiger partial charge in [0.1, 0.15) is 5.78 Å². The summed E-state index contributed by atoms with van der Waals surface area (Å²) in [7, 11) is 0. The quantitative estimate of drug-likeness (QED) is 0.543. The Bertz CT molecular complexity index is 162. The first kappa shape index (κ1) is 9.76. The molecule has 0 saturated heterocycles. The van der Waals surface area contributed by atoms with Gasteiger partial charge in [-0.2, -0.15) is 0 Å². The molecule has 0 N–H and O–H groups in total. The molecule has 1 aliphatic rings. The monoisotopic (exact) mass is 168 g/mol. The molecule has 1 nitrogen and oxygen atoms in total. The highest BCUT2D eigenvalue weighted by molar-refractivity contribution is 5.81. The summed E-state index contributed by atoms with van der Waals surface area (Å²) in [4.78, 5) is 11.6. The van der Waals surface area contributed by atoms with E-state index in [4.69, 9.17) is 0 Å². The number of hydrogen-bond donors (Lipinski definition) is 0. The van der Waals surface area contributed by atoms with Gasteiger partial charge in [-0.25, -0.2) is 0 Å². The average molecular weight is 168 g/mol. The zero-order valence-corrected chi connectivity index (χ0v) is 8.47. The van der Waals surface area contributed by atoms with Crippen molar-refractivity contribution in [1.29, 1.82) is 0 Å². The molecule has 1 heteroatoms. The third-order valence-electron chi connectivity index (χ3n) is 3.27. The van der Waals surface area contributed by atoms with Crippen molar-refractivity contribution in [2.75, 3.05) is 0 Å². The van der Waals surface area contributed by atoms with Gasteiger partial charge in [-0.15, -0.1) is 0 Å². The SMILES string of the molecule is CC1CCCC(C)C(C)C(=O)C1. The zero-order valence-electron chi connectivity index (χ0n) is 8.47. The van der Waals surface area contributed by atoms with Crippen molar-refractivity contribution in [3.63, 3.8) is 0 Å². The molecule has 0 aromatic carbocycles. The van der Waals surface area contributed by atoms with E-state index in [0.717, 1.165) is 6.42 Å². The van der Waals surface area contributed by atoms with E-state index in [9.17, 15) is 4.79 Å². The van der Waals surface area contributed by atoms with E-state index >= 15 is 0 Å². The van der Waals surface area contributed by atoms with Crippen molar-refractivity contribution in [2.45, 2.75) is 46.5 Å². The van der Waals surface area contributed by atoms with Gasteiger partial charge in [-0.1, -0.05) is 40.0 Å². The van der Waals surface area contributed by atoms with E-state index in [2.05, 4.69) is 20.8 Å². The molecule has 0 aromatic rings. The van der Waals surface area contributed by atoms with Crippen molar-refractivity contribution in [1.82, 2.24) is 0 Å². The molecule has 0 bridgehead atoms. The molecular weight excluding hydrogens is 148 g/mol. The molecule has 12 heavy (non-hydrogen) atoms. The first-order valence-electron chi connectivity index (χ1n) is 5.14. The average Bonchev–Trinajstić information content (AvgIpc) is 2.01. The molecule has 0 radical (unpaired) electrons. The molecule has 0 aromatic heterocycles. The lowest BCUT2D eigenvalue weighted by molar-refractivity contribution is -0.125. The van der Waals surface area contributed by atoms with Gasteiger partial charge in [0.15, 0.2) is 0 Å². The van der Waals surface area contributed by atoms with E-state index in [-0.39, 0.29) is 0 Å². The standard InChI is InChI=1S/C11H20O/c1-8-5-4-6-9(2)10(3)11(12)7-8/h8-10H,4-7H2,1-3H3. The van der Waals surface area contributed by atoms with Gasteiger partial charge in [-0.3, -0.25) is 4.79 Å². The van der Waals surface area contributed by atoms with Gasteiger partial charge in [0, 0.05) is 12.3 Å². The fourth-order valence-corrected chi connectivity index (χ4v) is 1.99. The van der Waals surface area contributed by atoms with Crippen LogP contribution in [0.4, 0.5) is 0 Å². The minimum atomic E-state index is 0.299. The van der Waals surface area contributed by atoms with Crippen LogP contribution in [0, 0.1) is 17.8 Å². The Kier molecular flexibility index (Phi) is 3.30. The predicted octanol–water partition coefficient (Wildman–Crippen LogP) is 3.04. The van der Waals surface area contributed by atoms with E-state index in [0.29, 0.717) is 23.5 Å². The Morgan fingerprint density at radius 1 is 1.17 bits per heavy atom. The van der Waals surface area contributed by atoms with Crippen LogP contribution in [0.25, 0.3) is 0 Å². The van der Waals surface area contributed by atoms with Crippen LogP contribution in [0.2, 0.25) is 0 Å². The Morgan fingerprint density at radius 2 is 1.83 bits per heavy atom. The second-order valence-corrected chi connectivity index (χ2v) is 4.47. The number of rotatable bonds is 0. The summed E-state index contributed by atoms with van der Waals surface area (Å²) >= 11 is 0. The minimum Gasteiger partial charge on any atom is -0.299 e. The van der Waals surface area contributed by atoms with E-state index in [1.807, 2.05) is 0 Å². The third kappa shape index (κ3) is 2.33. The summed E-state index contributed by atoms with van der Waals surface area (Å²) in [6.07, 6.45) is 4.59. The zero-order chi connectivity index (χ0) is 9.14. The van der Waals surface area contributed by atoms with Crippen molar-refractivity contribution < 1.29 is 4.79 Å². The van der Waals surface area contributed by atoms with Crippen LogP contribution in [0.3, 0.4) is 0 Å². The molecule has 0 aliphatic heterocycles. The summed E-state index contributed by atoms with van der Waals surface area (Å²) in [5.74, 6) is 2.00. The van der Waals surface area contributed by atoms with Crippen molar-refractivity contribution >= 4 is 5.78 Å². The van der Waals surface area contributed by atoms with Crippen LogP contribution in [-0.4, -0.2) is 5.78 Å². The minimum absolute atomic E-state index is 0.299. The Morgan fingerprint density at radius 3 is 2.50 bits per heavy atom. The van der Waals surface area contributed by atoms with Crippen molar-refractivity contribution in [3.05, 3.63) is 0 Å². The Labute approximate surface area is 75.5 Å². The van der Waals surface area contributed by atoms with Gasteiger partial charge < -0.3 is 0 Å². The summed E-state index contributed by atoms with van der Waals surface area (Å²) in [6, 6.07) is 0. The van der Waals surface area contributed by atoms with Crippen LogP contribution < -0.4 is 0 Å². The molecule has 3 unspecified atom stereocenters. The molecule has 3 atom stereocenters. The molecule has 1 saturated carbocycles. The smallest absolute Gasteiger partial charge is 0.136 e. The maximum absolute atomic E-state index is 11.6. The van der Waals surface area contributed by atoms with E-state index in [1.54, 1.807) is 0 Å². The summed E-state index contributed by atoms with van der Waals surface area (Å²) in [6.45, 7) is 6.49. The molecule has 1 fully saturated rings. The first-order valence-corrected chi connectivity index (χ1v) is 5.14. The highest BCUT2D eigenvalue weighted by Crippen LogP contribution is 2.27. The predicted molar refractivity (Wildman–Crippen MR) is 51.0 cm³/mol. The van der Waals surface area contributed by atoms with Crippen LogP contribution in [-0.2, 0) is 4.79 Å². The summed E-state index contributed by atoms with van der Waals surface area (Å²) < 4.78 is 0. The summed E-state index contributed by atoms with van der Waals surface area (Å²) in [5.41, 5.74) is 0. The largest absolute Gasteiger partial charge is 0.299 e. The normalized spacial score (nSPS) is 38.9. The molecule has 0 amide bonds. The molecule has 0 heterocycles. The first-order chi connectivity index (χ1) is 5.61. The highest BCUT2D eigenvalue weighted by Gasteiger charge is 2.23. The van der Waals surface area contributed by atoms with Gasteiger partial charge >= 0.3 is 0 Å². The lowest BCUT2D eigenvalue weighted by Gasteiger charge is -2.24. The van der Waals surface area contributed by atoms with Gasteiger partial charge in [0.25, 0.3) is 0 Å². The number of Topliss-reactive ketones (excluding diaryl/α,β-unsaturated/α-hetero) is 1. The number of carbonyl (C=O) groups is 1. The van der Waals surface area contributed by atoms with Crippen LogP contribution in [0.1, 0.15) is 46.5 Å². The lowest BCUT2D eigenvalue weighted by Crippen LogP contribution is -2.23. The van der Waals surface area contributed by atoms with Crippen LogP contribution in [0.5, 0.6) is 0 Å². The van der Waals surface area contributed by atoms with Crippen molar-refractivity contribution in [2.24, 2.45) is 17.8 Å². The van der Waals surface area contributed by atoms with Crippen LogP contribution >= 0.6 is 0 Å². The Balaban J connectivity index is 2.56. The summed E-state index contributed by atoms with van der Waals surface area (Å²) in [5, 5.41) is 0. The molecule has 1 aliphatic carbocycles. The van der Waals surface area contributed by atoms with Gasteiger partial charge in [-0.05, 0) is 11.8 Å². The number of hydrogen-bond acceptors (Lipinski definition) is 1. The molecule has 1 rings (SSSR count). The van der Waals surface area contributed by atoms with E-state index < -0.39 is 0 Å². The second-order valence-electron chi connectivity index (χ2n) is 4.47. The van der Waals surface area contributed by atoms with Gasteiger partial charge in [0.2, 0.25) is 0 Å². The maximum Gasteiger partial charge on any atom is 0.136 e. The third-order valence-corrected chi connectivity index (χ3v) is 3.27.